The third-order valence-electron chi connectivity index (χ3n) is 2.97. The first-order valence-corrected chi connectivity index (χ1v) is 5.94. The molecule has 16 heavy (non-hydrogen) atoms. The highest BCUT2D eigenvalue weighted by molar-refractivity contribution is 6.31. The lowest BCUT2D eigenvalue weighted by atomic mass is 9.79. The Morgan fingerprint density at radius 2 is 2.31 bits per heavy atom. The molecule has 90 valence electrons. The molecule has 0 aliphatic rings. The van der Waals surface area contributed by atoms with Crippen molar-refractivity contribution in [1.82, 2.24) is 4.98 Å². The number of pyridine rings is 1. The molecule has 1 heterocycles. The van der Waals surface area contributed by atoms with Crippen LogP contribution in [0.4, 0.5) is 0 Å². The molecule has 0 aliphatic heterocycles. The molecule has 0 fully saturated rings. The fourth-order valence-corrected chi connectivity index (χ4v) is 2.13. The Morgan fingerprint density at radius 1 is 1.56 bits per heavy atom. The zero-order chi connectivity index (χ0) is 12.0. The topological polar surface area (TPSA) is 59.1 Å². The summed E-state index contributed by atoms with van der Waals surface area (Å²) in [6.45, 7) is 2.65. The molecule has 1 aromatic heterocycles. The molecular weight excluding hydrogens is 224 g/mol. The van der Waals surface area contributed by atoms with Gasteiger partial charge in [-0.2, -0.15) is 0 Å². The Bertz CT molecular complexity index is 327. The van der Waals surface area contributed by atoms with Gasteiger partial charge in [0.05, 0.1) is 11.6 Å². The van der Waals surface area contributed by atoms with Gasteiger partial charge < -0.3 is 10.8 Å². The SMILES string of the molecule is CCCC(CN)(CO)Cc1ccncc1Cl. The van der Waals surface area contributed by atoms with Crippen molar-refractivity contribution in [2.75, 3.05) is 13.2 Å². The summed E-state index contributed by atoms with van der Waals surface area (Å²) in [6.07, 6.45) is 5.95. The van der Waals surface area contributed by atoms with Gasteiger partial charge in [0.25, 0.3) is 0 Å². The fourth-order valence-electron chi connectivity index (χ4n) is 1.94. The molecule has 1 unspecified atom stereocenters. The molecule has 3 nitrogen and oxygen atoms in total. The van der Waals surface area contributed by atoms with Crippen molar-refractivity contribution in [1.29, 1.82) is 0 Å². The number of nitrogens with zero attached hydrogens (tertiary/aromatic N) is 1. The number of nitrogens with two attached hydrogens (primary N) is 1. The van der Waals surface area contributed by atoms with Crippen molar-refractivity contribution in [2.45, 2.75) is 26.2 Å². The van der Waals surface area contributed by atoms with Crippen molar-refractivity contribution in [3.63, 3.8) is 0 Å². The average Bonchev–Trinajstić information content (AvgIpc) is 2.31. The maximum absolute atomic E-state index is 9.52. The Balaban J connectivity index is 2.87. The van der Waals surface area contributed by atoms with Gasteiger partial charge in [-0.3, -0.25) is 4.98 Å². The second-order valence-corrected chi connectivity index (χ2v) is 4.66. The Hall–Kier alpha value is -0.640. The van der Waals surface area contributed by atoms with Crippen LogP contribution in [0.2, 0.25) is 5.02 Å². The molecule has 1 atom stereocenters. The highest BCUT2D eigenvalue weighted by atomic mass is 35.5. The van der Waals surface area contributed by atoms with Crippen molar-refractivity contribution in [2.24, 2.45) is 11.1 Å². The van der Waals surface area contributed by atoms with E-state index < -0.39 is 0 Å². The quantitative estimate of drug-likeness (QED) is 0.803. The van der Waals surface area contributed by atoms with E-state index in [0.29, 0.717) is 18.0 Å². The van der Waals surface area contributed by atoms with Crippen LogP contribution in [0.15, 0.2) is 18.5 Å². The number of aromatic nitrogens is 1. The molecule has 1 aromatic rings. The first-order chi connectivity index (χ1) is 7.67. The molecule has 0 aromatic carbocycles. The van der Waals surface area contributed by atoms with E-state index in [4.69, 9.17) is 17.3 Å². The Morgan fingerprint density at radius 3 is 2.81 bits per heavy atom. The smallest absolute Gasteiger partial charge is 0.0621 e. The fraction of sp³-hybridized carbons (Fsp3) is 0.583. The molecule has 0 saturated carbocycles. The second-order valence-electron chi connectivity index (χ2n) is 4.26. The van der Waals surface area contributed by atoms with Gasteiger partial charge >= 0.3 is 0 Å². The highest BCUT2D eigenvalue weighted by Gasteiger charge is 2.27. The van der Waals surface area contributed by atoms with Gasteiger partial charge in [0.2, 0.25) is 0 Å². The summed E-state index contributed by atoms with van der Waals surface area (Å²) < 4.78 is 0. The minimum absolute atomic E-state index is 0.0932. The van der Waals surface area contributed by atoms with Crippen LogP contribution in [0.5, 0.6) is 0 Å². The zero-order valence-corrected chi connectivity index (χ0v) is 10.4. The third-order valence-corrected chi connectivity index (χ3v) is 3.31. The van der Waals surface area contributed by atoms with Gasteiger partial charge in [0.1, 0.15) is 0 Å². The van der Waals surface area contributed by atoms with Crippen LogP contribution >= 0.6 is 11.6 Å². The summed E-state index contributed by atoms with van der Waals surface area (Å²) in [4.78, 5) is 3.95. The second kappa shape index (κ2) is 6.18. The van der Waals surface area contributed by atoms with Crippen molar-refractivity contribution >= 4 is 11.6 Å². The molecule has 0 saturated heterocycles. The zero-order valence-electron chi connectivity index (χ0n) is 9.62. The number of halogens is 1. The van der Waals surface area contributed by atoms with Crippen LogP contribution in [-0.2, 0) is 6.42 Å². The summed E-state index contributed by atoms with van der Waals surface area (Å²) >= 11 is 6.06. The first-order valence-electron chi connectivity index (χ1n) is 5.57. The van der Waals surface area contributed by atoms with E-state index in [1.54, 1.807) is 12.4 Å². The average molecular weight is 243 g/mol. The van der Waals surface area contributed by atoms with Crippen molar-refractivity contribution in [3.05, 3.63) is 29.0 Å². The molecule has 4 heteroatoms. The van der Waals surface area contributed by atoms with E-state index in [-0.39, 0.29) is 12.0 Å². The third kappa shape index (κ3) is 3.17. The molecule has 0 bridgehead atoms. The maximum Gasteiger partial charge on any atom is 0.0621 e. The summed E-state index contributed by atoms with van der Waals surface area (Å²) in [7, 11) is 0. The first kappa shape index (κ1) is 13.4. The standard InChI is InChI=1S/C12H19ClN2O/c1-2-4-12(8-14,9-16)6-10-3-5-15-7-11(10)13/h3,5,7,16H,2,4,6,8-9,14H2,1H3. The van der Waals surface area contributed by atoms with Crippen LogP contribution in [0.1, 0.15) is 25.3 Å². The van der Waals surface area contributed by atoms with Crippen molar-refractivity contribution < 1.29 is 5.11 Å². The van der Waals surface area contributed by atoms with Gasteiger partial charge in [0, 0.05) is 24.4 Å². The van der Waals surface area contributed by atoms with E-state index in [2.05, 4.69) is 11.9 Å². The van der Waals surface area contributed by atoms with Crippen LogP contribution in [0.3, 0.4) is 0 Å². The van der Waals surface area contributed by atoms with E-state index in [0.717, 1.165) is 18.4 Å². The molecule has 0 radical (unpaired) electrons. The summed E-state index contributed by atoms with van der Waals surface area (Å²) in [5.74, 6) is 0. The highest BCUT2D eigenvalue weighted by Crippen LogP contribution is 2.29. The van der Waals surface area contributed by atoms with Crippen LogP contribution in [0.25, 0.3) is 0 Å². The lowest BCUT2D eigenvalue weighted by molar-refractivity contribution is 0.121. The van der Waals surface area contributed by atoms with E-state index >= 15 is 0 Å². The molecule has 0 amide bonds. The summed E-state index contributed by atoms with van der Waals surface area (Å²) in [5, 5.41) is 10.2. The van der Waals surface area contributed by atoms with Crippen LogP contribution in [-0.4, -0.2) is 23.2 Å². The van der Waals surface area contributed by atoms with E-state index in [1.807, 2.05) is 6.07 Å². The van der Waals surface area contributed by atoms with Gasteiger partial charge in [-0.1, -0.05) is 24.9 Å². The van der Waals surface area contributed by atoms with Gasteiger partial charge in [-0.05, 0) is 24.5 Å². The Labute approximate surface area is 102 Å². The summed E-state index contributed by atoms with van der Waals surface area (Å²) in [6, 6.07) is 1.89. The normalized spacial score (nSPS) is 14.8. The number of aliphatic hydroxyl groups is 1. The van der Waals surface area contributed by atoms with Crippen molar-refractivity contribution in [3.8, 4) is 0 Å². The lowest BCUT2D eigenvalue weighted by Crippen LogP contribution is -2.36. The number of hydrogen-bond donors (Lipinski definition) is 2. The largest absolute Gasteiger partial charge is 0.396 e. The number of hydrogen-bond acceptors (Lipinski definition) is 3. The lowest BCUT2D eigenvalue weighted by Gasteiger charge is -2.30. The minimum Gasteiger partial charge on any atom is -0.396 e. The Kier molecular flexibility index (Phi) is 5.19. The number of aliphatic hydroxyl groups excluding tert-OH is 1. The predicted molar refractivity (Wildman–Crippen MR) is 66.4 cm³/mol. The van der Waals surface area contributed by atoms with Crippen LogP contribution < -0.4 is 5.73 Å². The predicted octanol–water partition coefficient (Wildman–Crippen LogP) is 2.01. The van der Waals surface area contributed by atoms with Gasteiger partial charge in [-0.25, -0.2) is 0 Å². The minimum atomic E-state index is -0.250. The van der Waals surface area contributed by atoms with E-state index in [9.17, 15) is 5.11 Å². The number of rotatable bonds is 6. The summed E-state index contributed by atoms with van der Waals surface area (Å²) in [5.41, 5.74) is 6.54. The maximum atomic E-state index is 9.52. The monoisotopic (exact) mass is 242 g/mol. The molecule has 1 rings (SSSR count). The van der Waals surface area contributed by atoms with Gasteiger partial charge in [-0.15, -0.1) is 0 Å². The van der Waals surface area contributed by atoms with E-state index in [1.165, 1.54) is 0 Å². The molecular formula is C12H19ClN2O. The van der Waals surface area contributed by atoms with Gasteiger partial charge in [0.15, 0.2) is 0 Å². The molecule has 0 spiro atoms. The molecule has 3 N–H and O–H groups in total. The molecule has 0 aliphatic carbocycles. The van der Waals surface area contributed by atoms with Crippen LogP contribution in [0, 0.1) is 5.41 Å².